The van der Waals surface area contributed by atoms with Gasteiger partial charge in [-0.25, -0.2) is 0 Å². The van der Waals surface area contributed by atoms with Gasteiger partial charge in [0, 0.05) is 0 Å². The zero-order valence-corrected chi connectivity index (χ0v) is 8.86. The van der Waals surface area contributed by atoms with Crippen molar-refractivity contribution in [2.45, 2.75) is 38.2 Å². The maximum absolute atomic E-state index is 11.5. The summed E-state index contributed by atoms with van der Waals surface area (Å²) in [5, 5.41) is 8.66. The Kier molecular flexibility index (Phi) is 3.50. The highest BCUT2D eigenvalue weighted by atomic mass is 16.6. The third-order valence-corrected chi connectivity index (χ3v) is 2.85. The van der Waals surface area contributed by atoms with E-state index in [1.807, 2.05) is 0 Å². The van der Waals surface area contributed by atoms with Gasteiger partial charge in [0.1, 0.15) is 5.60 Å². The fraction of sp³-hybridized carbons (Fsp3) is 0.636. The summed E-state index contributed by atoms with van der Waals surface area (Å²) in [5.41, 5.74) is -0.624. The Morgan fingerprint density at radius 2 is 2.00 bits per heavy atom. The monoisotopic (exact) mass is 212 g/mol. The number of rotatable bonds is 4. The summed E-state index contributed by atoms with van der Waals surface area (Å²) in [6.45, 7) is 4.98. The molecule has 1 N–H and O–H groups in total. The molecule has 15 heavy (non-hydrogen) atoms. The fourth-order valence-electron chi connectivity index (χ4n) is 1.71. The molecule has 0 heterocycles. The summed E-state index contributed by atoms with van der Waals surface area (Å²) in [6.07, 6.45) is 5.08. The molecule has 0 radical (unpaired) electrons. The second-order valence-corrected chi connectivity index (χ2v) is 3.96. The first-order valence-electron chi connectivity index (χ1n) is 5.10. The van der Waals surface area contributed by atoms with Gasteiger partial charge in [-0.3, -0.25) is 9.59 Å². The molecule has 0 spiro atoms. The highest BCUT2D eigenvalue weighted by Gasteiger charge is 2.37. The smallest absolute Gasteiger partial charge is 0.320 e. The molecule has 0 saturated heterocycles. The largest absolute Gasteiger partial charge is 0.481 e. The highest BCUT2D eigenvalue weighted by Crippen LogP contribution is 2.34. The molecule has 4 nitrogen and oxygen atoms in total. The van der Waals surface area contributed by atoms with Gasteiger partial charge in [-0.2, -0.15) is 0 Å². The predicted molar refractivity (Wildman–Crippen MR) is 54.3 cm³/mol. The SMILES string of the molecule is C=CC1(OC(=O)C(C)C(=O)O)CCCC1. The van der Waals surface area contributed by atoms with Gasteiger partial charge in [-0.15, -0.1) is 0 Å². The van der Waals surface area contributed by atoms with Crippen molar-refractivity contribution in [1.82, 2.24) is 0 Å². The van der Waals surface area contributed by atoms with E-state index in [0.717, 1.165) is 25.7 Å². The van der Waals surface area contributed by atoms with E-state index in [2.05, 4.69) is 6.58 Å². The van der Waals surface area contributed by atoms with E-state index < -0.39 is 23.5 Å². The van der Waals surface area contributed by atoms with Gasteiger partial charge in [0.2, 0.25) is 0 Å². The minimum Gasteiger partial charge on any atom is -0.481 e. The molecule has 1 unspecified atom stereocenters. The zero-order valence-electron chi connectivity index (χ0n) is 8.86. The quantitative estimate of drug-likeness (QED) is 0.438. The van der Waals surface area contributed by atoms with Crippen LogP contribution in [0.5, 0.6) is 0 Å². The van der Waals surface area contributed by atoms with Crippen molar-refractivity contribution >= 4 is 11.9 Å². The summed E-state index contributed by atoms with van der Waals surface area (Å²) in [4.78, 5) is 22.0. The second-order valence-electron chi connectivity index (χ2n) is 3.96. The van der Waals surface area contributed by atoms with E-state index in [1.165, 1.54) is 6.92 Å². The topological polar surface area (TPSA) is 63.6 Å². The lowest BCUT2D eigenvalue weighted by Crippen LogP contribution is -2.34. The third kappa shape index (κ3) is 2.58. The van der Waals surface area contributed by atoms with Gasteiger partial charge in [0.25, 0.3) is 0 Å². The number of ether oxygens (including phenoxy) is 1. The van der Waals surface area contributed by atoms with E-state index in [-0.39, 0.29) is 0 Å². The fourth-order valence-corrected chi connectivity index (χ4v) is 1.71. The van der Waals surface area contributed by atoms with Gasteiger partial charge < -0.3 is 9.84 Å². The number of aliphatic carboxylic acids is 1. The molecule has 4 heteroatoms. The van der Waals surface area contributed by atoms with Crippen molar-refractivity contribution in [3.63, 3.8) is 0 Å². The van der Waals surface area contributed by atoms with Crippen LogP contribution in [0.3, 0.4) is 0 Å². The first-order chi connectivity index (χ1) is 7.01. The molecule has 1 saturated carbocycles. The van der Waals surface area contributed by atoms with Crippen LogP contribution in [-0.4, -0.2) is 22.6 Å². The average molecular weight is 212 g/mol. The Labute approximate surface area is 88.9 Å². The molecule has 1 atom stereocenters. The molecule has 0 aliphatic heterocycles. The van der Waals surface area contributed by atoms with Gasteiger partial charge >= 0.3 is 11.9 Å². The van der Waals surface area contributed by atoms with Gasteiger partial charge in [-0.1, -0.05) is 6.58 Å². The van der Waals surface area contributed by atoms with Crippen molar-refractivity contribution < 1.29 is 19.4 Å². The number of esters is 1. The Morgan fingerprint density at radius 1 is 1.47 bits per heavy atom. The minimum absolute atomic E-state index is 0.624. The van der Waals surface area contributed by atoms with Crippen LogP contribution in [0.1, 0.15) is 32.6 Å². The molecular weight excluding hydrogens is 196 g/mol. The van der Waals surface area contributed by atoms with Crippen LogP contribution in [0.4, 0.5) is 0 Å². The second kappa shape index (κ2) is 4.47. The molecule has 0 amide bonds. The van der Waals surface area contributed by atoms with Crippen LogP contribution in [0.25, 0.3) is 0 Å². The first-order valence-corrected chi connectivity index (χ1v) is 5.10. The lowest BCUT2D eigenvalue weighted by atomic mass is 10.0. The van der Waals surface area contributed by atoms with E-state index in [0.29, 0.717) is 0 Å². The minimum atomic E-state index is -1.16. The standard InChI is InChI=1S/C11H16O4/c1-3-11(6-4-5-7-11)15-10(14)8(2)9(12)13/h3,8H,1,4-7H2,2H3,(H,12,13). The molecule has 0 aromatic rings. The van der Waals surface area contributed by atoms with Crippen molar-refractivity contribution in [2.24, 2.45) is 5.92 Å². The number of hydrogen-bond acceptors (Lipinski definition) is 3. The molecular formula is C11H16O4. The van der Waals surface area contributed by atoms with Crippen LogP contribution in [0.15, 0.2) is 12.7 Å². The van der Waals surface area contributed by atoms with E-state index in [4.69, 9.17) is 9.84 Å². The zero-order chi connectivity index (χ0) is 11.5. The lowest BCUT2D eigenvalue weighted by Gasteiger charge is -2.26. The predicted octanol–water partition coefficient (Wildman–Crippen LogP) is 1.75. The summed E-state index contributed by atoms with van der Waals surface area (Å²) >= 11 is 0. The van der Waals surface area contributed by atoms with Gasteiger partial charge in [0.05, 0.1) is 0 Å². The maximum atomic E-state index is 11.5. The molecule has 0 bridgehead atoms. The average Bonchev–Trinajstić information content (AvgIpc) is 2.65. The maximum Gasteiger partial charge on any atom is 0.320 e. The van der Waals surface area contributed by atoms with Crippen LogP contribution in [-0.2, 0) is 14.3 Å². The Morgan fingerprint density at radius 3 is 2.40 bits per heavy atom. The molecule has 1 rings (SSSR count). The van der Waals surface area contributed by atoms with Crippen LogP contribution < -0.4 is 0 Å². The molecule has 84 valence electrons. The van der Waals surface area contributed by atoms with Crippen molar-refractivity contribution in [2.75, 3.05) is 0 Å². The van der Waals surface area contributed by atoms with Crippen LogP contribution in [0, 0.1) is 5.92 Å². The van der Waals surface area contributed by atoms with Crippen molar-refractivity contribution in [3.8, 4) is 0 Å². The van der Waals surface area contributed by atoms with Crippen LogP contribution >= 0.6 is 0 Å². The number of carbonyl (C=O) groups excluding carboxylic acids is 1. The Balaban J connectivity index is 2.63. The highest BCUT2D eigenvalue weighted by molar-refractivity contribution is 5.93. The molecule has 1 fully saturated rings. The summed E-state index contributed by atoms with van der Waals surface area (Å²) < 4.78 is 5.23. The molecule has 1 aliphatic carbocycles. The van der Waals surface area contributed by atoms with Crippen LogP contribution in [0.2, 0.25) is 0 Å². The molecule has 1 aliphatic rings. The third-order valence-electron chi connectivity index (χ3n) is 2.85. The summed E-state index contributed by atoms with van der Waals surface area (Å²) in [6, 6.07) is 0. The van der Waals surface area contributed by atoms with E-state index >= 15 is 0 Å². The van der Waals surface area contributed by atoms with E-state index in [1.54, 1.807) is 6.08 Å². The molecule has 0 aromatic carbocycles. The normalized spacial score (nSPS) is 20.6. The number of hydrogen-bond donors (Lipinski definition) is 1. The van der Waals surface area contributed by atoms with E-state index in [9.17, 15) is 9.59 Å². The molecule has 0 aromatic heterocycles. The lowest BCUT2D eigenvalue weighted by molar-refractivity contribution is -0.165. The summed E-state index contributed by atoms with van der Waals surface area (Å²) in [5.74, 6) is -2.94. The Hall–Kier alpha value is -1.32. The first kappa shape index (κ1) is 11.8. The Bertz CT molecular complexity index is 276. The number of carboxylic acids is 1. The summed E-state index contributed by atoms with van der Waals surface area (Å²) in [7, 11) is 0. The number of carboxylic acid groups (broad SMARTS) is 1. The van der Waals surface area contributed by atoms with Crippen molar-refractivity contribution in [3.05, 3.63) is 12.7 Å². The van der Waals surface area contributed by atoms with Crippen molar-refractivity contribution in [1.29, 1.82) is 0 Å². The number of carbonyl (C=O) groups is 2. The van der Waals surface area contributed by atoms with Gasteiger partial charge in [0.15, 0.2) is 5.92 Å². The van der Waals surface area contributed by atoms with Gasteiger partial charge in [-0.05, 0) is 38.7 Å².